The number of hydrogen-bond acceptors (Lipinski definition) is 3. The average Bonchev–Trinajstić information content (AvgIpc) is 2.32. The van der Waals surface area contributed by atoms with Crippen molar-refractivity contribution in [2.45, 2.75) is 13.8 Å². The molecule has 0 N–H and O–H groups in total. The van der Waals surface area contributed by atoms with E-state index in [4.69, 9.17) is 33.2 Å². The highest BCUT2D eigenvalue weighted by atomic mass is 35.5. The Morgan fingerprint density at radius 2 is 1.58 bits per heavy atom. The van der Waals surface area contributed by atoms with E-state index in [2.05, 4.69) is 11.1 Å². The molecule has 0 aliphatic carbocycles. The molecule has 0 atom stereocenters. The average molecular weight is 293 g/mol. The largest absolute Gasteiger partial charge is 0.457 e. The second-order valence-corrected chi connectivity index (χ2v) is 4.88. The normalized spacial score (nSPS) is 10.1. The molecular weight excluding hydrogens is 283 g/mol. The first-order valence-electron chi connectivity index (χ1n) is 5.52. The maximum atomic E-state index is 8.91. The van der Waals surface area contributed by atoms with Gasteiger partial charge >= 0.3 is 0 Å². The van der Waals surface area contributed by atoms with Gasteiger partial charge < -0.3 is 4.74 Å². The maximum Gasteiger partial charge on any atom is 0.134 e. The van der Waals surface area contributed by atoms with Crippen LogP contribution < -0.4 is 4.74 Å². The van der Waals surface area contributed by atoms with Gasteiger partial charge in [-0.1, -0.05) is 23.2 Å². The van der Waals surface area contributed by atoms with Gasteiger partial charge in [0, 0.05) is 12.1 Å². The molecule has 0 amide bonds. The Balaban J connectivity index is 2.41. The minimum atomic E-state index is 0.270. The lowest BCUT2D eigenvalue weighted by molar-refractivity contribution is 0.474. The molecule has 19 heavy (non-hydrogen) atoms. The predicted octanol–water partition coefficient (Wildman–Crippen LogP) is 4.67. The first-order valence-corrected chi connectivity index (χ1v) is 6.27. The lowest BCUT2D eigenvalue weighted by Crippen LogP contribution is -1.93. The summed E-state index contributed by atoms with van der Waals surface area (Å²) in [7, 11) is 0. The van der Waals surface area contributed by atoms with Crippen molar-refractivity contribution in [3.05, 3.63) is 51.3 Å². The van der Waals surface area contributed by atoms with Crippen LogP contribution in [0.3, 0.4) is 0 Å². The van der Waals surface area contributed by atoms with Crippen molar-refractivity contribution in [1.82, 2.24) is 4.98 Å². The number of halogens is 2. The first kappa shape index (κ1) is 13.7. The molecule has 1 aromatic heterocycles. The number of rotatable bonds is 2. The van der Waals surface area contributed by atoms with E-state index < -0.39 is 0 Å². The minimum Gasteiger partial charge on any atom is -0.457 e. The summed E-state index contributed by atoms with van der Waals surface area (Å²) in [6.45, 7) is 3.77. The summed E-state index contributed by atoms with van der Waals surface area (Å²) in [4.78, 5) is 3.86. The molecular formula is C14H10Cl2N2O. The van der Waals surface area contributed by atoms with E-state index in [0.717, 1.165) is 11.1 Å². The number of nitriles is 1. The van der Waals surface area contributed by atoms with E-state index in [-0.39, 0.29) is 10.3 Å². The third-order valence-corrected chi connectivity index (χ3v) is 2.93. The second-order valence-electron chi connectivity index (χ2n) is 4.10. The summed E-state index contributed by atoms with van der Waals surface area (Å²) in [5.41, 5.74) is 2.36. The fourth-order valence-electron chi connectivity index (χ4n) is 1.80. The Labute approximate surface area is 121 Å². The van der Waals surface area contributed by atoms with Crippen LogP contribution in [-0.4, -0.2) is 4.98 Å². The van der Waals surface area contributed by atoms with E-state index >= 15 is 0 Å². The van der Waals surface area contributed by atoms with Crippen LogP contribution >= 0.6 is 23.2 Å². The molecule has 0 saturated carbocycles. The van der Waals surface area contributed by atoms with Gasteiger partial charge in [-0.15, -0.1) is 0 Å². The van der Waals surface area contributed by atoms with Crippen molar-refractivity contribution in [3.63, 3.8) is 0 Å². The molecule has 2 rings (SSSR count). The van der Waals surface area contributed by atoms with E-state index in [1.807, 2.05) is 13.8 Å². The summed E-state index contributed by atoms with van der Waals surface area (Å²) >= 11 is 11.6. The molecule has 1 aromatic carbocycles. The van der Waals surface area contributed by atoms with Gasteiger partial charge in [-0.2, -0.15) is 5.26 Å². The first-order chi connectivity index (χ1) is 8.99. The Morgan fingerprint density at radius 1 is 1.05 bits per heavy atom. The lowest BCUT2D eigenvalue weighted by atomic mass is 10.1. The third kappa shape index (κ3) is 3.17. The summed E-state index contributed by atoms with van der Waals surface area (Å²) < 4.78 is 5.78. The molecule has 1 heterocycles. The van der Waals surface area contributed by atoms with Crippen molar-refractivity contribution < 1.29 is 4.74 Å². The van der Waals surface area contributed by atoms with Crippen LogP contribution in [0, 0.1) is 25.2 Å². The SMILES string of the molecule is Cc1cc(C#N)cc(C)c1Oc1cc(Cl)nc(Cl)c1. The number of pyridine rings is 1. The molecule has 2 aromatic rings. The van der Waals surface area contributed by atoms with Gasteiger partial charge in [0.2, 0.25) is 0 Å². The maximum absolute atomic E-state index is 8.91. The fourth-order valence-corrected chi connectivity index (χ4v) is 2.24. The summed E-state index contributed by atoms with van der Waals surface area (Å²) in [5, 5.41) is 9.45. The zero-order valence-corrected chi connectivity index (χ0v) is 11.9. The molecule has 0 aliphatic heterocycles. The number of hydrogen-bond donors (Lipinski definition) is 0. The topological polar surface area (TPSA) is 45.9 Å². The summed E-state index contributed by atoms with van der Waals surface area (Å²) in [6, 6.07) is 8.83. The standard InChI is InChI=1S/C14H10Cl2N2O/c1-8-3-10(7-17)4-9(2)14(8)19-11-5-12(15)18-13(16)6-11/h3-6H,1-2H3. The predicted molar refractivity (Wildman–Crippen MR) is 75.0 cm³/mol. The zero-order chi connectivity index (χ0) is 14.0. The van der Waals surface area contributed by atoms with Crippen LogP contribution in [0.5, 0.6) is 11.5 Å². The van der Waals surface area contributed by atoms with Crippen LogP contribution in [-0.2, 0) is 0 Å². The smallest absolute Gasteiger partial charge is 0.134 e. The van der Waals surface area contributed by atoms with Gasteiger partial charge in [0.25, 0.3) is 0 Å². The Bertz CT molecular complexity index is 634. The molecule has 3 nitrogen and oxygen atoms in total. The van der Waals surface area contributed by atoms with E-state index in [1.165, 1.54) is 0 Å². The van der Waals surface area contributed by atoms with E-state index in [1.54, 1.807) is 24.3 Å². The Kier molecular flexibility index (Phi) is 3.94. The number of nitrogens with zero attached hydrogens (tertiary/aromatic N) is 2. The van der Waals surface area contributed by atoms with Crippen LogP contribution in [0.15, 0.2) is 24.3 Å². The number of benzene rings is 1. The van der Waals surface area contributed by atoms with Crippen molar-refractivity contribution in [1.29, 1.82) is 5.26 Å². The third-order valence-electron chi connectivity index (χ3n) is 2.55. The van der Waals surface area contributed by atoms with Crippen molar-refractivity contribution in [2.24, 2.45) is 0 Å². The highest BCUT2D eigenvalue weighted by molar-refractivity contribution is 6.32. The summed E-state index contributed by atoms with van der Waals surface area (Å²) in [5.74, 6) is 1.21. The summed E-state index contributed by atoms with van der Waals surface area (Å²) in [6.07, 6.45) is 0. The zero-order valence-electron chi connectivity index (χ0n) is 10.4. The quantitative estimate of drug-likeness (QED) is 0.756. The van der Waals surface area contributed by atoms with Crippen LogP contribution in [0.4, 0.5) is 0 Å². The molecule has 0 saturated heterocycles. The number of aromatic nitrogens is 1. The molecule has 0 aliphatic rings. The molecule has 5 heteroatoms. The van der Waals surface area contributed by atoms with Gasteiger partial charge in [-0.3, -0.25) is 0 Å². The molecule has 0 bridgehead atoms. The number of aryl methyl sites for hydroxylation is 2. The molecule has 96 valence electrons. The van der Waals surface area contributed by atoms with Crippen LogP contribution in [0.25, 0.3) is 0 Å². The monoisotopic (exact) mass is 292 g/mol. The number of ether oxygens (including phenoxy) is 1. The fraction of sp³-hybridized carbons (Fsp3) is 0.143. The van der Waals surface area contributed by atoms with Crippen LogP contribution in [0.2, 0.25) is 10.3 Å². The van der Waals surface area contributed by atoms with Crippen LogP contribution in [0.1, 0.15) is 16.7 Å². The van der Waals surface area contributed by atoms with Crippen molar-refractivity contribution >= 4 is 23.2 Å². The van der Waals surface area contributed by atoms with Gasteiger partial charge in [-0.25, -0.2) is 4.98 Å². The van der Waals surface area contributed by atoms with E-state index in [0.29, 0.717) is 17.1 Å². The Hall–Kier alpha value is -1.76. The molecule has 0 fully saturated rings. The van der Waals surface area contributed by atoms with Gasteiger partial charge in [0.15, 0.2) is 0 Å². The van der Waals surface area contributed by atoms with Crippen molar-refractivity contribution in [3.8, 4) is 17.6 Å². The molecule has 0 radical (unpaired) electrons. The second kappa shape index (κ2) is 5.48. The lowest BCUT2D eigenvalue weighted by Gasteiger charge is -2.12. The van der Waals surface area contributed by atoms with Crippen molar-refractivity contribution in [2.75, 3.05) is 0 Å². The van der Waals surface area contributed by atoms with E-state index in [9.17, 15) is 0 Å². The van der Waals surface area contributed by atoms with Gasteiger partial charge in [0.05, 0.1) is 11.6 Å². The van der Waals surface area contributed by atoms with Gasteiger partial charge in [-0.05, 0) is 37.1 Å². The minimum absolute atomic E-state index is 0.270. The Morgan fingerprint density at radius 3 is 2.05 bits per heavy atom. The highest BCUT2D eigenvalue weighted by Crippen LogP contribution is 2.31. The highest BCUT2D eigenvalue weighted by Gasteiger charge is 2.09. The molecule has 0 spiro atoms. The molecule has 0 unspecified atom stereocenters. The van der Waals surface area contributed by atoms with Gasteiger partial charge in [0.1, 0.15) is 21.8 Å².